The Hall–Kier alpha value is -1.35. The van der Waals surface area contributed by atoms with E-state index in [0.717, 1.165) is 12.8 Å². The van der Waals surface area contributed by atoms with Gasteiger partial charge in [0.15, 0.2) is 0 Å². The van der Waals surface area contributed by atoms with Crippen LogP contribution in [0.15, 0.2) is 12.1 Å². The maximum Gasteiger partial charge on any atom is 0.230 e. The van der Waals surface area contributed by atoms with Crippen molar-refractivity contribution < 1.29 is 4.79 Å². The van der Waals surface area contributed by atoms with Gasteiger partial charge < -0.3 is 11.1 Å². The molecule has 1 saturated carbocycles. The quantitative estimate of drug-likeness (QED) is 0.850. The molecule has 0 unspecified atom stereocenters. The van der Waals surface area contributed by atoms with Gasteiger partial charge in [0, 0.05) is 13.1 Å². The highest BCUT2D eigenvalue weighted by Crippen LogP contribution is 2.49. The van der Waals surface area contributed by atoms with Crippen LogP contribution in [0.5, 0.6) is 0 Å². The second-order valence-corrected chi connectivity index (χ2v) is 5.38. The van der Waals surface area contributed by atoms with E-state index >= 15 is 0 Å². The molecule has 2 rings (SSSR count). The molecule has 1 amide bonds. The van der Waals surface area contributed by atoms with Crippen molar-refractivity contribution in [1.82, 2.24) is 5.32 Å². The number of carbonyl (C=O) groups is 1. The molecule has 0 aromatic heterocycles. The Labute approximate surface area is 109 Å². The van der Waals surface area contributed by atoms with Gasteiger partial charge in [0.05, 0.1) is 5.41 Å². The van der Waals surface area contributed by atoms with Gasteiger partial charge in [-0.05, 0) is 55.9 Å². The Balaban J connectivity index is 2.31. The Kier molecular flexibility index (Phi) is 3.44. The number of hydrogen-bond acceptors (Lipinski definition) is 2. The molecule has 3 heteroatoms. The van der Waals surface area contributed by atoms with E-state index in [4.69, 9.17) is 5.73 Å². The summed E-state index contributed by atoms with van der Waals surface area (Å²) in [5.74, 6) is 0.138. The van der Waals surface area contributed by atoms with Crippen molar-refractivity contribution in [2.24, 2.45) is 5.73 Å². The Morgan fingerprint density at radius 1 is 1.22 bits per heavy atom. The van der Waals surface area contributed by atoms with Crippen LogP contribution in [0, 0.1) is 20.8 Å². The molecule has 0 atom stereocenters. The summed E-state index contributed by atoms with van der Waals surface area (Å²) >= 11 is 0. The second kappa shape index (κ2) is 4.73. The first kappa shape index (κ1) is 13.1. The fourth-order valence-electron chi connectivity index (χ4n) is 2.57. The van der Waals surface area contributed by atoms with Crippen LogP contribution >= 0.6 is 0 Å². The third-order valence-corrected chi connectivity index (χ3v) is 3.97. The van der Waals surface area contributed by atoms with Crippen LogP contribution in [0.25, 0.3) is 0 Å². The van der Waals surface area contributed by atoms with E-state index in [9.17, 15) is 4.79 Å². The maximum atomic E-state index is 12.3. The Bertz CT molecular complexity index is 476. The summed E-state index contributed by atoms with van der Waals surface area (Å²) in [6, 6.07) is 4.36. The summed E-state index contributed by atoms with van der Waals surface area (Å²) in [6.07, 6.45) is 1.90. The summed E-state index contributed by atoms with van der Waals surface area (Å²) in [5.41, 5.74) is 10.1. The number of rotatable bonds is 4. The van der Waals surface area contributed by atoms with E-state index < -0.39 is 0 Å². The van der Waals surface area contributed by atoms with Crippen molar-refractivity contribution in [1.29, 1.82) is 0 Å². The number of nitrogens with two attached hydrogens (primary N) is 1. The summed E-state index contributed by atoms with van der Waals surface area (Å²) in [6.45, 7) is 7.36. The largest absolute Gasteiger partial charge is 0.354 e. The molecule has 1 aromatic rings. The van der Waals surface area contributed by atoms with Crippen molar-refractivity contribution in [3.05, 3.63) is 34.4 Å². The van der Waals surface area contributed by atoms with Gasteiger partial charge >= 0.3 is 0 Å². The van der Waals surface area contributed by atoms with Crippen molar-refractivity contribution in [3.8, 4) is 0 Å². The highest BCUT2D eigenvalue weighted by molar-refractivity contribution is 5.91. The molecule has 0 saturated heterocycles. The molecular formula is C15H22N2O. The van der Waals surface area contributed by atoms with Gasteiger partial charge in [-0.2, -0.15) is 0 Å². The van der Waals surface area contributed by atoms with Crippen molar-refractivity contribution in [3.63, 3.8) is 0 Å². The summed E-state index contributed by atoms with van der Waals surface area (Å²) in [4.78, 5) is 12.3. The first-order valence-electron chi connectivity index (χ1n) is 6.58. The predicted octanol–water partition coefficient (Wildman–Crippen LogP) is 1.72. The molecular weight excluding hydrogens is 224 g/mol. The van der Waals surface area contributed by atoms with Crippen molar-refractivity contribution in [2.45, 2.75) is 39.0 Å². The van der Waals surface area contributed by atoms with E-state index in [-0.39, 0.29) is 11.3 Å². The molecule has 0 radical (unpaired) electrons. The van der Waals surface area contributed by atoms with E-state index in [1.165, 1.54) is 22.3 Å². The number of carbonyl (C=O) groups excluding carboxylic acids is 1. The lowest BCUT2D eigenvalue weighted by atomic mass is 9.88. The zero-order chi connectivity index (χ0) is 13.3. The van der Waals surface area contributed by atoms with E-state index in [2.05, 4.69) is 38.2 Å². The number of hydrogen-bond donors (Lipinski definition) is 2. The Morgan fingerprint density at radius 3 is 2.39 bits per heavy atom. The molecule has 0 aliphatic heterocycles. The average Bonchev–Trinajstić information content (AvgIpc) is 3.12. The molecule has 0 bridgehead atoms. The van der Waals surface area contributed by atoms with Crippen LogP contribution in [0.4, 0.5) is 0 Å². The van der Waals surface area contributed by atoms with Crippen LogP contribution in [0.1, 0.15) is 35.1 Å². The minimum atomic E-state index is -0.280. The second-order valence-electron chi connectivity index (χ2n) is 5.38. The third-order valence-electron chi connectivity index (χ3n) is 3.97. The predicted molar refractivity (Wildman–Crippen MR) is 73.6 cm³/mol. The van der Waals surface area contributed by atoms with Crippen LogP contribution in [-0.2, 0) is 10.2 Å². The third kappa shape index (κ3) is 2.15. The molecule has 1 fully saturated rings. The van der Waals surface area contributed by atoms with Crippen LogP contribution in [0.3, 0.4) is 0 Å². The summed E-state index contributed by atoms with van der Waals surface area (Å²) in [5, 5.41) is 2.93. The molecule has 0 spiro atoms. The number of aryl methyl sites for hydroxylation is 3. The topological polar surface area (TPSA) is 55.1 Å². The van der Waals surface area contributed by atoms with E-state index in [0.29, 0.717) is 13.1 Å². The van der Waals surface area contributed by atoms with Gasteiger partial charge in [0.2, 0.25) is 5.91 Å². The van der Waals surface area contributed by atoms with E-state index in [1.54, 1.807) is 0 Å². The van der Waals surface area contributed by atoms with Gasteiger partial charge in [-0.25, -0.2) is 0 Å². The van der Waals surface area contributed by atoms with Crippen molar-refractivity contribution in [2.75, 3.05) is 13.1 Å². The zero-order valence-corrected chi connectivity index (χ0v) is 11.5. The monoisotopic (exact) mass is 246 g/mol. The smallest absolute Gasteiger partial charge is 0.230 e. The van der Waals surface area contributed by atoms with Crippen LogP contribution in [0.2, 0.25) is 0 Å². The highest BCUT2D eigenvalue weighted by Gasteiger charge is 2.51. The molecule has 1 aromatic carbocycles. The summed E-state index contributed by atoms with van der Waals surface area (Å²) in [7, 11) is 0. The molecule has 98 valence electrons. The first-order chi connectivity index (χ1) is 8.51. The average molecular weight is 246 g/mol. The molecule has 3 nitrogen and oxygen atoms in total. The van der Waals surface area contributed by atoms with Crippen LogP contribution in [-0.4, -0.2) is 19.0 Å². The zero-order valence-electron chi connectivity index (χ0n) is 11.5. The van der Waals surface area contributed by atoms with Gasteiger partial charge in [-0.3, -0.25) is 4.79 Å². The van der Waals surface area contributed by atoms with Crippen molar-refractivity contribution >= 4 is 5.91 Å². The molecule has 18 heavy (non-hydrogen) atoms. The standard InChI is InChI=1S/C15H22N2O/c1-10-8-12(3)13(9-11(10)2)15(4-5-15)14(18)17-7-6-16/h8-9H,4-7,16H2,1-3H3,(H,17,18). The van der Waals surface area contributed by atoms with Gasteiger partial charge in [-0.1, -0.05) is 12.1 Å². The van der Waals surface area contributed by atoms with Crippen LogP contribution < -0.4 is 11.1 Å². The number of amides is 1. The molecule has 3 N–H and O–H groups in total. The van der Waals surface area contributed by atoms with Gasteiger partial charge in [-0.15, -0.1) is 0 Å². The normalized spacial score (nSPS) is 16.4. The highest BCUT2D eigenvalue weighted by atomic mass is 16.2. The fourth-order valence-corrected chi connectivity index (χ4v) is 2.57. The fraction of sp³-hybridized carbons (Fsp3) is 0.533. The minimum absolute atomic E-state index is 0.138. The molecule has 0 heterocycles. The lowest BCUT2D eigenvalue weighted by molar-refractivity contribution is -0.123. The number of benzene rings is 1. The molecule has 1 aliphatic carbocycles. The van der Waals surface area contributed by atoms with Gasteiger partial charge in [0.25, 0.3) is 0 Å². The SMILES string of the molecule is Cc1cc(C)c(C2(C(=O)NCCN)CC2)cc1C. The molecule has 1 aliphatic rings. The summed E-state index contributed by atoms with van der Waals surface area (Å²) < 4.78 is 0. The lowest BCUT2D eigenvalue weighted by Crippen LogP contribution is -2.38. The first-order valence-corrected chi connectivity index (χ1v) is 6.58. The minimum Gasteiger partial charge on any atom is -0.354 e. The van der Waals surface area contributed by atoms with Gasteiger partial charge in [0.1, 0.15) is 0 Å². The number of nitrogens with one attached hydrogen (secondary N) is 1. The van der Waals surface area contributed by atoms with E-state index in [1.807, 2.05) is 0 Å². The lowest BCUT2D eigenvalue weighted by Gasteiger charge is -2.19. The maximum absolute atomic E-state index is 12.3. The Morgan fingerprint density at radius 2 is 1.83 bits per heavy atom.